The third kappa shape index (κ3) is 3.25. The first-order valence-corrected chi connectivity index (χ1v) is 7.02. The predicted molar refractivity (Wildman–Crippen MR) is 74.2 cm³/mol. The van der Waals surface area contributed by atoms with Crippen LogP contribution in [0.5, 0.6) is 5.75 Å². The minimum absolute atomic E-state index is 0.112. The summed E-state index contributed by atoms with van der Waals surface area (Å²) < 4.78 is 13.3. The van der Waals surface area contributed by atoms with Crippen LogP contribution in [0.2, 0.25) is 0 Å². The van der Waals surface area contributed by atoms with Crippen molar-refractivity contribution in [1.82, 2.24) is 10.4 Å². The van der Waals surface area contributed by atoms with Gasteiger partial charge in [0.15, 0.2) is 0 Å². The van der Waals surface area contributed by atoms with E-state index in [4.69, 9.17) is 0 Å². The highest BCUT2D eigenvalue weighted by Crippen LogP contribution is 2.27. The molecule has 4 heteroatoms. The van der Waals surface area contributed by atoms with Gasteiger partial charge in [0.1, 0.15) is 11.6 Å². The highest BCUT2D eigenvalue weighted by molar-refractivity contribution is 5.34. The second-order valence-electron chi connectivity index (χ2n) is 5.59. The van der Waals surface area contributed by atoms with E-state index in [9.17, 15) is 9.50 Å². The summed E-state index contributed by atoms with van der Waals surface area (Å²) in [5, 5.41) is 12.1. The Labute approximate surface area is 114 Å². The Bertz CT molecular complexity index is 428. The summed E-state index contributed by atoms with van der Waals surface area (Å²) in [7, 11) is 0. The second-order valence-corrected chi connectivity index (χ2v) is 5.59. The summed E-state index contributed by atoms with van der Waals surface area (Å²) >= 11 is 0. The molecule has 0 amide bonds. The molecular formula is C15H23FN2O. The van der Waals surface area contributed by atoms with Crippen LogP contribution in [0.4, 0.5) is 4.39 Å². The smallest absolute Gasteiger partial charge is 0.123 e. The van der Waals surface area contributed by atoms with Crippen LogP contribution in [0, 0.1) is 5.82 Å². The number of rotatable bonds is 3. The van der Waals surface area contributed by atoms with Crippen LogP contribution in [0.15, 0.2) is 18.2 Å². The molecule has 0 bridgehead atoms. The lowest BCUT2D eigenvalue weighted by atomic mass is 9.99. The maximum atomic E-state index is 13.3. The van der Waals surface area contributed by atoms with Gasteiger partial charge in [-0.2, -0.15) is 0 Å². The fraction of sp³-hybridized carbons (Fsp3) is 0.600. The second kappa shape index (κ2) is 5.88. The zero-order valence-corrected chi connectivity index (χ0v) is 11.9. The number of benzene rings is 1. The minimum atomic E-state index is -0.318. The number of nitrogens with zero attached hydrogens (tertiary/aromatic N) is 1. The third-order valence-corrected chi connectivity index (χ3v) is 3.99. The Balaban J connectivity index is 2.11. The van der Waals surface area contributed by atoms with Gasteiger partial charge in [-0.3, -0.25) is 0 Å². The molecule has 1 aromatic rings. The van der Waals surface area contributed by atoms with Crippen LogP contribution in [-0.2, 0) is 0 Å². The van der Waals surface area contributed by atoms with Crippen molar-refractivity contribution >= 4 is 0 Å². The molecule has 0 spiro atoms. The Kier molecular flexibility index (Phi) is 4.42. The molecule has 1 aliphatic heterocycles. The van der Waals surface area contributed by atoms with Crippen molar-refractivity contribution in [2.75, 3.05) is 0 Å². The standard InChI is InChI=1S/C15H23FN2O/c1-10-5-4-6-11(2)18(10)17-12(3)14-9-13(16)7-8-15(14)19/h7-12,17,19H,4-6H2,1-3H3. The Morgan fingerprint density at radius 1 is 1.32 bits per heavy atom. The van der Waals surface area contributed by atoms with Crippen LogP contribution in [0.3, 0.4) is 0 Å². The van der Waals surface area contributed by atoms with E-state index in [0.717, 1.165) is 0 Å². The van der Waals surface area contributed by atoms with Gasteiger partial charge in [-0.05, 0) is 51.8 Å². The number of hydrogen-bond donors (Lipinski definition) is 2. The van der Waals surface area contributed by atoms with Crippen LogP contribution in [0.25, 0.3) is 0 Å². The van der Waals surface area contributed by atoms with Crippen molar-refractivity contribution in [2.24, 2.45) is 0 Å². The molecule has 0 saturated carbocycles. The average molecular weight is 266 g/mol. The van der Waals surface area contributed by atoms with Crippen molar-refractivity contribution in [3.05, 3.63) is 29.6 Å². The largest absolute Gasteiger partial charge is 0.508 e. The average Bonchev–Trinajstić information content (AvgIpc) is 2.37. The molecule has 0 aromatic heterocycles. The summed E-state index contributed by atoms with van der Waals surface area (Å²) in [6.07, 6.45) is 3.58. The van der Waals surface area contributed by atoms with Gasteiger partial charge in [-0.25, -0.2) is 14.8 Å². The Morgan fingerprint density at radius 3 is 2.58 bits per heavy atom. The molecule has 3 atom stereocenters. The SMILES string of the molecule is CC(NN1C(C)CCCC1C)c1cc(F)ccc1O. The first-order valence-electron chi connectivity index (χ1n) is 7.02. The molecule has 1 saturated heterocycles. The summed E-state index contributed by atoms with van der Waals surface area (Å²) in [5.41, 5.74) is 4.01. The van der Waals surface area contributed by atoms with Gasteiger partial charge in [0.2, 0.25) is 0 Å². The maximum Gasteiger partial charge on any atom is 0.123 e. The number of hydrazine groups is 1. The van der Waals surface area contributed by atoms with E-state index in [0.29, 0.717) is 17.6 Å². The van der Waals surface area contributed by atoms with Gasteiger partial charge in [0.25, 0.3) is 0 Å². The highest BCUT2D eigenvalue weighted by atomic mass is 19.1. The maximum absolute atomic E-state index is 13.3. The molecule has 19 heavy (non-hydrogen) atoms. The lowest BCUT2D eigenvalue weighted by Crippen LogP contribution is -2.52. The molecule has 3 nitrogen and oxygen atoms in total. The molecule has 0 radical (unpaired) electrons. The van der Waals surface area contributed by atoms with Crippen molar-refractivity contribution in [2.45, 2.75) is 58.2 Å². The summed E-state index contributed by atoms with van der Waals surface area (Å²) in [6, 6.07) is 4.89. The van der Waals surface area contributed by atoms with Crippen molar-refractivity contribution in [1.29, 1.82) is 0 Å². The van der Waals surface area contributed by atoms with E-state index in [1.165, 1.54) is 37.5 Å². The number of piperidine rings is 1. The molecular weight excluding hydrogens is 243 g/mol. The summed E-state index contributed by atoms with van der Waals surface area (Å²) in [6.45, 7) is 6.34. The van der Waals surface area contributed by atoms with Crippen LogP contribution in [-0.4, -0.2) is 22.2 Å². The van der Waals surface area contributed by atoms with E-state index in [1.54, 1.807) is 0 Å². The number of phenols is 1. The van der Waals surface area contributed by atoms with Gasteiger partial charge in [-0.15, -0.1) is 0 Å². The van der Waals surface area contributed by atoms with Crippen molar-refractivity contribution in [3.63, 3.8) is 0 Å². The summed E-state index contributed by atoms with van der Waals surface area (Å²) in [4.78, 5) is 0. The first-order chi connectivity index (χ1) is 8.99. The number of hydrogen-bond acceptors (Lipinski definition) is 3. The molecule has 1 aromatic carbocycles. The zero-order valence-electron chi connectivity index (χ0n) is 11.9. The van der Waals surface area contributed by atoms with E-state index in [2.05, 4.69) is 24.3 Å². The van der Waals surface area contributed by atoms with Crippen LogP contribution >= 0.6 is 0 Å². The first kappa shape index (κ1) is 14.3. The molecule has 1 fully saturated rings. The van der Waals surface area contributed by atoms with E-state index < -0.39 is 0 Å². The Morgan fingerprint density at radius 2 is 1.95 bits per heavy atom. The molecule has 106 valence electrons. The zero-order chi connectivity index (χ0) is 14.0. The lowest BCUT2D eigenvalue weighted by molar-refractivity contribution is 0.0316. The molecule has 1 aliphatic rings. The predicted octanol–water partition coefficient (Wildman–Crippen LogP) is 3.36. The monoisotopic (exact) mass is 266 g/mol. The lowest BCUT2D eigenvalue weighted by Gasteiger charge is -2.41. The van der Waals surface area contributed by atoms with Gasteiger partial charge < -0.3 is 5.11 Å². The topological polar surface area (TPSA) is 35.5 Å². The minimum Gasteiger partial charge on any atom is -0.508 e. The van der Waals surface area contributed by atoms with Crippen molar-refractivity contribution in [3.8, 4) is 5.75 Å². The van der Waals surface area contributed by atoms with Gasteiger partial charge in [-0.1, -0.05) is 6.42 Å². The number of aromatic hydroxyl groups is 1. The van der Waals surface area contributed by atoms with E-state index in [1.807, 2.05) is 6.92 Å². The molecule has 3 unspecified atom stereocenters. The number of phenolic OH excluding ortho intramolecular Hbond substituents is 1. The van der Waals surface area contributed by atoms with Crippen LogP contribution in [0.1, 0.15) is 51.6 Å². The number of halogens is 1. The molecule has 1 heterocycles. The third-order valence-electron chi connectivity index (χ3n) is 3.99. The summed E-state index contributed by atoms with van der Waals surface area (Å²) in [5.74, 6) is -0.181. The van der Waals surface area contributed by atoms with Gasteiger partial charge in [0, 0.05) is 23.7 Å². The molecule has 2 N–H and O–H groups in total. The normalized spacial score (nSPS) is 26.3. The highest BCUT2D eigenvalue weighted by Gasteiger charge is 2.26. The number of nitrogens with one attached hydrogen (secondary N) is 1. The van der Waals surface area contributed by atoms with Crippen LogP contribution < -0.4 is 5.43 Å². The quantitative estimate of drug-likeness (QED) is 0.880. The fourth-order valence-electron chi connectivity index (χ4n) is 2.84. The molecule has 0 aliphatic carbocycles. The van der Waals surface area contributed by atoms with Gasteiger partial charge >= 0.3 is 0 Å². The Hall–Kier alpha value is -1.13. The van der Waals surface area contributed by atoms with E-state index >= 15 is 0 Å². The van der Waals surface area contributed by atoms with Crippen molar-refractivity contribution < 1.29 is 9.50 Å². The molecule has 2 rings (SSSR count). The fourth-order valence-corrected chi connectivity index (χ4v) is 2.84. The van der Waals surface area contributed by atoms with Gasteiger partial charge in [0.05, 0.1) is 0 Å². The van der Waals surface area contributed by atoms with E-state index in [-0.39, 0.29) is 17.6 Å².